The van der Waals surface area contributed by atoms with Crippen LogP contribution in [0.25, 0.3) is 0 Å². The maximum absolute atomic E-state index is 12.5. The number of aryl methyl sites for hydroxylation is 2. The van der Waals surface area contributed by atoms with Crippen molar-refractivity contribution in [2.75, 3.05) is 17.7 Å². The summed E-state index contributed by atoms with van der Waals surface area (Å²) in [6.07, 6.45) is 1.43. The molecule has 1 heterocycles. The van der Waals surface area contributed by atoms with E-state index < -0.39 is 0 Å². The molecule has 27 heavy (non-hydrogen) atoms. The van der Waals surface area contributed by atoms with Crippen LogP contribution in [0, 0.1) is 13.8 Å². The molecule has 0 bridgehead atoms. The average Bonchev–Trinajstić information content (AvgIpc) is 3.20. The molecule has 0 unspecified atom stereocenters. The molecule has 6 nitrogen and oxygen atoms in total. The topological polar surface area (TPSA) is 80.6 Å². The molecule has 138 valence electrons. The molecule has 0 aliphatic heterocycles. The van der Waals surface area contributed by atoms with Crippen LogP contribution >= 0.6 is 0 Å². The molecular formula is C21H20N2O4. The van der Waals surface area contributed by atoms with Crippen molar-refractivity contribution in [3.05, 3.63) is 77.2 Å². The van der Waals surface area contributed by atoms with E-state index in [-0.39, 0.29) is 17.6 Å². The molecule has 3 rings (SSSR count). The van der Waals surface area contributed by atoms with Gasteiger partial charge < -0.3 is 19.8 Å². The summed E-state index contributed by atoms with van der Waals surface area (Å²) in [5.41, 5.74) is 3.79. The van der Waals surface area contributed by atoms with Gasteiger partial charge in [-0.15, -0.1) is 0 Å². The lowest BCUT2D eigenvalue weighted by Crippen LogP contribution is -2.14. The third kappa shape index (κ3) is 4.17. The number of furan rings is 1. The van der Waals surface area contributed by atoms with Gasteiger partial charge in [-0.05, 0) is 61.4 Å². The summed E-state index contributed by atoms with van der Waals surface area (Å²) < 4.78 is 10.4. The maximum Gasteiger partial charge on any atom is 0.291 e. The van der Waals surface area contributed by atoms with Crippen LogP contribution in [0.15, 0.2) is 59.2 Å². The number of hydrogen-bond donors (Lipinski definition) is 2. The van der Waals surface area contributed by atoms with E-state index in [0.29, 0.717) is 22.7 Å². The van der Waals surface area contributed by atoms with Crippen LogP contribution in [0.4, 0.5) is 11.4 Å². The first-order valence-corrected chi connectivity index (χ1v) is 8.39. The number of ether oxygens (including phenoxy) is 1. The Kier molecular flexibility index (Phi) is 5.26. The molecule has 0 aliphatic rings. The average molecular weight is 364 g/mol. The van der Waals surface area contributed by atoms with Crippen molar-refractivity contribution in [3.8, 4) is 5.75 Å². The van der Waals surface area contributed by atoms with Gasteiger partial charge in [-0.2, -0.15) is 0 Å². The molecule has 0 saturated heterocycles. The molecule has 0 aliphatic carbocycles. The number of methoxy groups -OCH3 is 1. The van der Waals surface area contributed by atoms with E-state index in [1.807, 2.05) is 26.0 Å². The Labute approximate surface area is 157 Å². The quantitative estimate of drug-likeness (QED) is 0.703. The number of hydrogen-bond acceptors (Lipinski definition) is 4. The fraction of sp³-hybridized carbons (Fsp3) is 0.143. The normalized spacial score (nSPS) is 10.3. The lowest BCUT2D eigenvalue weighted by atomic mass is 10.1. The molecule has 0 radical (unpaired) electrons. The highest BCUT2D eigenvalue weighted by atomic mass is 16.5. The Morgan fingerprint density at radius 1 is 0.926 bits per heavy atom. The predicted molar refractivity (Wildman–Crippen MR) is 104 cm³/mol. The number of amides is 2. The van der Waals surface area contributed by atoms with Gasteiger partial charge in [0.05, 0.1) is 19.1 Å². The SMILES string of the molecule is COc1cc(NC(=O)c2ccc(C)c(C)c2)ccc1NC(=O)c1ccco1. The Balaban J connectivity index is 1.76. The Bertz CT molecular complexity index is 978. The molecule has 6 heteroatoms. The van der Waals surface area contributed by atoms with E-state index in [0.717, 1.165) is 11.1 Å². The number of benzene rings is 2. The zero-order chi connectivity index (χ0) is 19.4. The molecule has 1 aromatic heterocycles. The standard InChI is InChI=1S/C21H20N2O4/c1-13-6-7-15(11-14(13)2)20(24)22-16-8-9-17(19(12-16)26-3)23-21(25)18-5-4-10-27-18/h4-12H,1-3H3,(H,22,24)(H,23,25). The molecule has 0 fully saturated rings. The molecule has 0 atom stereocenters. The van der Waals surface area contributed by atoms with Crippen LogP contribution in [0.1, 0.15) is 32.0 Å². The molecule has 2 N–H and O–H groups in total. The fourth-order valence-electron chi connectivity index (χ4n) is 2.55. The van der Waals surface area contributed by atoms with Crippen molar-refractivity contribution in [3.63, 3.8) is 0 Å². The number of rotatable bonds is 5. The van der Waals surface area contributed by atoms with E-state index in [9.17, 15) is 9.59 Å². The summed E-state index contributed by atoms with van der Waals surface area (Å²) in [5, 5.41) is 5.56. The summed E-state index contributed by atoms with van der Waals surface area (Å²) in [7, 11) is 1.49. The van der Waals surface area contributed by atoms with Gasteiger partial charge in [0.15, 0.2) is 5.76 Å². The number of nitrogens with one attached hydrogen (secondary N) is 2. The lowest BCUT2D eigenvalue weighted by Gasteiger charge is -2.12. The first kappa shape index (κ1) is 18.3. The van der Waals surface area contributed by atoms with Gasteiger partial charge in [0.1, 0.15) is 5.75 Å². The van der Waals surface area contributed by atoms with Crippen molar-refractivity contribution in [2.24, 2.45) is 0 Å². The Morgan fingerprint density at radius 2 is 1.74 bits per heavy atom. The van der Waals surface area contributed by atoms with Crippen LogP contribution in [-0.4, -0.2) is 18.9 Å². The molecule has 2 aromatic carbocycles. The van der Waals surface area contributed by atoms with Gasteiger partial charge in [0.25, 0.3) is 11.8 Å². The maximum atomic E-state index is 12.5. The van der Waals surface area contributed by atoms with Crippen molar-refractivity contribution >= 4 is 23.2 Å². The molecular weight excluding hydrogens is 344 g/mol. The summed E-state index contributed by atoms with van der Waals surface area (Å²) in [6.45, 7) is 3.96. The third-order valence-electron chi connectivity index (χ3n) is 4.22. The second kappa shape index (κ2) is 7.78. The summed E-state index contributed by atoms with van der Waals surface area (Å²) in [5.74, 6) is 0.0229. The predicted octanol–water partition coefficient (Wildman–Crippen LogP) is 4.41. The largest absolute Gasteiger partial charge is 0.494 e. The van der Waals surface area contributed by atoms with Crippen LogP contribution < -0.4 is 15.4 Å². The minimum Gasteiger partial charge on any atom is -0.494 e. The highest BCUT2D eigenvalue weighted by molar-refractivity contribution is 6.05. The van der Waals surface area contributed by atoms with E-state index >= 15 is 0 Å². The third-order valence-corrected chi connectivity index (χ3v) is 4.22. The zero-order valence-corrected chi connectivity index (χ0v) is 15.3. The molecule has 3 aromatic rings. The lowest BCUT2D eigenvalue weighted by molar-refractivity contribution is 0.0994. The molecule has 2 amide bonds. The van der Waals surface area contributed by atoms with Crippen LogP contribution in [0.5, 0.6) is 5.75 Å². The first-order valence-electron chi connectivity index (χ1n) is 8.39. The molecule has 0 saturated carbocycles. The van der Waals surface area contributed by atoms with E-state index in [1.54, 1.807) is 36.4 Å². The van der Waals surface area contributed by atoms with Crippen molar-refractivity contribution in [1.82, 2.24) is 0 Å². The summed E-state index contributed by atoms with van der Waals surface area (Å²) >= 11 is 0. The number of carbonyl (C=O) groups excluding carboxylic acids is 2. The zero-order valence-electron chi connectivity index (χ0n) is 15.3. The first-order chi connectivity index (χ1) is 13.0. The van der Waals surface area contributed by atoms with Gasteiger partial charge in [-0.3, -0.25) is 9.59 Å². The summed E-state index contributed by atoms with van der Waals surface area (Å²) in [6, 6.07) is 13.8. The van der Waals surface area contributed by atoms with Gasteiger partial charge in [-0.25, -0.2) is 0 Å². The van der Waals surface area contributed by atoms with Crippen molar-refractivity contribution in [2.45, 2.75) is 13.8 Å². The fourth-order valence-corrected chi connectivity index (χ4v) is 2.55. The second-order valence-electron chi connectivity index (χ2n) is 6.10. The number of carbonyl (C=O) groups is 2. The summed E-state index contributed by atoms with van der Waals surface area (Å²) in [4.78, 5) is 24.6. The van der Waals surface area contributed by atoms with E-state index in [1.165, 1.54) is 13.4 Å². The van der Waals surface area contributed by atoms with E-state index in [4.69, 9.17) is 9.15 Å². The van der Waals surface area contributed by atoms with Gasteiger partial charge in [0.2, 0.25) is 0 Å². The monoisotopic (exact) mass is 364 g/mol. The van der Waals surface area contributed by atoms with Gasteiger partial charge in [-0.1, -0.05) is 6.07 Å². The minimum atomic E-state index is -0.384. The Hall–Kier alpha value is -3.54. The smallest absolute Gasteiger partial charge is 0.291 e. The van der Waals surface area contributed by atoms with Crippen molar-refractivity contribution < 1.29 is 18.7 Å². The number of anilines is 2. The van der Waals surface area contributed by atoms with Crippen LogP contribution in [0.2, 0.25) is 0 Å². The highest BCUT2D eigenvalue weighted by Gasteiger charge is 2.14. The van der Waals surface area contributed by atoms with Crippen LogP contribution in [-0.2, 0) is 0 Å². The molecule has 0 spiro atoms. The van der Waals surface area contributed by atoms with Gasteiger partial charge >= 0.3 is 0 Å². The Morgan fingerprint density at radius 3 is 2.41 bits per heavy atom. The van der Waals surface area contributed by atoms with Crippen molar-refractivity contribution in [1.29, 1.82) is 0 Å². The van der Waals surface area contributed by atoms with E-state index in [2.05, 4.69) is 10.6 Å². The minimum absolute atomic E-state index is 0.198. The van der Waals surface area contributed by atoms with Crippen LogP contribution in [0.3, 0.4) is 0 Å². The highest BCUT2D eigenvalue weighted by Crippen LogP contribution is 2.29. The van der Waals surface area contributed by atoms with Gasteiger partial charge in [0, 0.05) is 17.3 Å². The second-order valence-corrected chi connectivity index (χ2v) is 6.10.